The van der Waals surface area contributed by atoms with Crippen LogP contribution in [0.4, 0.5) is 0 Å². The van der Waals surface area contributed by atoms with E-state index in [9.17, 15) is 5.11 Å². The Morgan fingerprint density at radius 3 is 2.60 bits per heavy atom. The topological polar surface area (TPSA) is 20.2 Å². The van der Waals surface area contributed by atoms with Crippen molar-refractivity contribution in [2.75, 3.05) is 6.61 Å². The summed E-state index contributed by atoms with van der Waals surface area (Å²) in [6.07, 6.45) is 2.82. The van der Waals surface area contributed by atoms with Crippen LogP contribution in [-0.2, 0) is 11.8 Å². The molecule has 0 radical (unpaired) electrons. The van der Waals surface area contributed by atoms with E-state index in [1.54, 1.807) is 0 Å². The molecule has 1 aromatic carbocycles. The first kappa shape index (κ1) is 10.4. The number of hydrogen-bond acceptors (Lipinski definition) is 1. The Hall–Kier alpha value is -1.08. The number of fused-ring (bicyclic) bond motifs is 1. The second kappa shape index (κ2) is 3.21. The van der Waals surface area contributed by atoms with Gasteiger partial charge in [-0.3, -0.25) is 0 Å². The molecule has 1 nitrogen and oxygen atoms in total. The van der Waals surface area contributed by atoms with Crippen molar-refractivity contribution in [2.24, 2.45) is 5.41 Å². The van der Waals surface area contributed by atoms with Gasteiger partial charge in [-0.25, -0.2) is 0 Å². The molecule has 1 atom stereocenters. The molecule has 0 spiro atoms. The molecule has 0 aliphatic heterocycles. The summed E-state index contributed by atoms with van der Waals surface area (Å²) < 4.78 is 0. The highest BCUT2D eigenvalue weighted by Gasteiger charge is 2.49. The molecule has 2 rings (SSSR count). The monoisotopic (exact) mass is 202 g/mol. The molecule has 0 fully saturated rings. The molecule has 1 heteroatoms. The largest absolute Gasteiger partial charge is 0.395 e. The molecule has 1 aromatic rings. The molecule has 0 saturated heterocycles. The van der Waals surface area contributed by atoms with Crippen molar-refractivity contribution in [1.82, 2.24) is 0 Å². The summed E-state index contributed by atoms with van der Waals surface area (Å²) in [6, 6.07) is 8.44. The van der Waals surface area contributed by atoms with Gasteiger partial charge in [0, 0.05) is 10.8 Å². The molecule has 0 aromatic heterocycles. The van der Waals surface area contributed by atoms with E-state index in [4.69, 9.17) is 0 Å². The minimum atomic E-state index is -0.198. The second-order valence-corrected chi connectivity index (χ2v) is 4.98. The number of aliphatic hydroxyl groups excluding tert-OH is 1. The van der Waals surface area contributed by atoms with E-state index >= 15 is 0 Å². The second-order valence-electron chi connectivity index (χ2n) is 4.98. The summed E-state index contributed by atoms with van der Waals surface area (Å²) in [7, 11) is 0. The Morgan fingerprint density at radius 2 is 2.07 bits per heavy atom. The van der Waals surface area contributed by atoms with Crippen molar-refractivity contribution in [3.05, 3.63) is 48.0 Å². The first-order valence-corrected chi connectivity index (χ1v) is 5.40. The lowest BCUT2D eigenvalue weighted by Gasteiger charge is -2.38. The predicted octanol–water partition coefficient (Wildman–Crippen LogP) is 2.69. The average Bonchev–Trinajstić information content (AvgIpc) is 2.48. The van der Waals surface area contributed by atoms with Crippen LogP contribution in [0.15, 0.2) is 36.9 Å². The summed E-state index contributed by atoms with van der Waals surface area (Å²) in [4.78, 5) is 0. The molecular formula is C14H18O. The highest BCUT2D eigenvalue weighted by molar-refractivity contribution is 5.44. The van der Waals surface area contributed by atoms with Crippen LogP contribution >= 0.6 is 0 Å². The van der Waals surface area contributed by atoms with E-state index in [2.05, 4.69) is 44.7 Å². The zero-order valence-electron chi connectivity index (χ0n) is 9.46. The molecular weight excluding hydrogens is 184 g/mol. The lowest BCUT2D eigenvalue weighted by Crippen LogP contribution is -2.39. The number of rotatable bonds is 2. The van der Waals surface area contributed by atoms with Crippen LogP contribution in [0.1, 0.15) is 25.0 Å². The van der Waals surface area contributed by atoms with Crippen LogP contribution in [-0.4, -0.2) is 11.7 Å². The van der Waals surface area contributed by atoms with Crippen molar-refractivity contribution in [3.8, 4) is 0 Å². The Kier molecular flexibility index (Phi) is 2.23. The Bertz CT molecular complexity index is 392. The van der Waals surface area contributed by atoms with Crippen molar-refractivity contribution in [1.29, 1.82) is 0 Å². The van der Waals surface area contributed by atoms with Crippen LogP contribution in [0.2, 0.25) is 0 Å². The maximum absolute atomic E-state index is 9.65. The molecule has 1 aliphatic carbocycles. The number of aliphatic hydroxyl groups is 1. The van der Waals surface area contributed by atoms with Gasteiger partial charge in [-0.05, 0) is 17.5 Å². The van der Waals surface area contributed by atoms with E-state index in [1.807, 2.05) is 6.08 Å². The van der Waals surface area contributed by atoms with Gasteiger partial charge in [0.2, 0.25) is 0 Å². The lowest BCUT2D eigenvalue weighted by molar-refractivity contribution is 0.114. The normalized spacial score (nSPS) is 27.4. The Morgan fingerprint density at radius 1 is 1.40 bits per heavy atom. The predicted molar refractivity (Wildman–Crippen MR) is 62.9 cm³/mol. The number of benzene rings is 1. The summed E-state index contributed by atoms with van der Waals surface area (Å²) >= 11 is 0. The van der Waals surface area contributed by atoms with E-state index in [0.717, 1.165) is 6.42 Å². The molecule has 1 N–H and O–H groups in total. The van der Waals surface area contributed by atoms with Gasteiger partial charge in [-0.1, -0.05) is 44.2 Å². The Balaban J connectivity index is 2.60. The highest BCUT2D eigenvalue weighted by Crippen LogP contribution is 2.51. The maximum atomic E-state index is 9.65. The quantitative estimate of drug-likeness (QED) is 0.731. The fourth-order valence-electron chi connectivity index (χ4n) is 2.76. The standard InChI is InChI=1S/C14H18O/c1-4-14(10-15)9-11-7-5-6-8-12(11)13(14,2)3/h4-8,15H,1,9-10H2,2-3H3. The average molecular weight is 202 g/mol. The fraction of sp³-hybridized carbons (Fsp3) is 0.429. The fourth-order valence-corrected chi connectivity index (χ4v) is 2.76. The lowest BCUT2D eigenvalue weighted by atomic mass is 9.66. The van der Waals surface area contributed by atoms with E-state index in [1.165, 1.54) is 11.1 Å². The highest BCUT2D eigenvalue weighted by atomic mass is 16.3. The van der Waals surface area contributed by atoms with Gasteiger partial charge in [0.1, 0.15) is 0 Å². The molecule has 0 bridgehead atoms. The third-order valence-electron chi connectivity index (χ3n) is 4.11. The van der Waals surface area contributed by atoms with Crippen molar-refractivity contribution >= 4 is 0 Å². The Labute approximate surface area is 91.4 Å². The zero-order valence-corrected chi connectivity index (χ0v) is 9.46. The van der Waals surface area contributed by atoms with E-state index in [-0.39, 0.29) is 17.4 Å². The SMILES string of the molecule is C=CC1(CO)Cc2ccccc2C1(C)C. The van der Waals surface area contributed by atoms with Crippen LogP contribution in [0.3, 0.4) is 0 Å². The minimum Gasteiger partial charge on any atom is -0.395 e. The molecule has 1 unspecified atom stereocenters. The third kappa shape index (κ3) is 1.19. The third-order valence-corrected chi connectivity index (χ3v) is 4.11. The van der Waals surface area contributed by atoms with Crippen molar-refractivity contribution in [3.63, 3.8) is 0 Å². The smallest absolute Gasteiger partial charge is 0.0533 e. The molecule has 0 heterocycles. The van der Waals surface area contributed by atoms with Gasteiger partial charge >= 0.3 is 0 Å². The van der Waals surface area contributed by atoms with Crippen LogP contribution in [0.5, 0.6) is 0 Å². The van der Waals surface area contributed by atoms with Crippen molar-refractivity contribution in [2.45, 2.75) is 25.7 Å². The maximum Gasteiger partial charge on any atom is 0.0533 e. The van der Waals surface area contributed by atoms with Gasteiger partial charge in [0.25, 0.3) is 0 Å². The summed E-state index contributed by atoms with van der Waals surface area (Å²) in [6.45, 7) is 8.45. The van der Waals surface area contributed by atoms with Crippen LogP contribution in [0, 0.1) is 5.41 Å². The molecule has 0 amide bonds. The van der Waals surface area contributed by atoms with Gasteiger partial charge in [0.05, 0.1) is 6.61 Å². The summed E-state index contributed by atoms with van der Waals surface area (Å²) in [5.41, 5.74) is 2.46. The van der Waals surface area contributed by atoms with Crippen LogP contribution < -0.4 is 0 Å². The van der Waals surface area contributed by atoms with Crippen LogP contribution in [0.25, 0.3) is 0 Å². The molecule has 1 aliphatic rings. The van der Waals surface area contributed by atoms with Gasteiger partial charge < -0.3 is 5.11 Å². The summed E-state index contributed by atoms with van der Waals surface area (Å²) in [5.74, 6) is 0. The zero-order chi connectivity index (χ0) is 11.1. The van der Waals surface area contributed by atoms with E-state index in [0.29, 0.717) is 0 Å². The van der Waals surface area contributed by atoms with Gasteiger partial charge in [-0.15, -0.1) is 6.58 Å². The minimum absolute atomic E-state index is 0.0277. The first-order valence-electron chi connectivity index (χ1n) is 5.40. The van der Waals surface area contributed by atoms with Crippen molar-refractivity contribution < 1.29 is 5.11 Å². The number of hydrogen-bond donors (Lipinski definition) is 1. The van der Waals surface area contributed by atoms with E-state index < -0.39 is 0 Å². The molecule has 80 valence electrons. The first-order chi connectivity index (χ1) is 7.07. The molecule has 0 saturated carbocycles. The van der Waals surface area contributed by atoms with Gasteiger partial charge in [-0.2, -0.15) is 0 Å². The summed E-state index contributed by atoms with van der Waals surface area (Å²) in [5, 5.41) is 9.65. The van der Waals surface area contributed by atoms with Gasteiger partial charge in [0.15, 0.2) is 0 Å². The molecule has 15 heavy (non-hydrogen) atoms.